The van der Waals surface area contributed by atoms with E-state index in [1.807, 2.05) is 42.5 Å². The molecule has 2 unspecified atom stereocenters. The molecule has 4 rings (SSSR count). The van der Waals surface area contributed by atoms with Crippen LogP contribution in [0, 0.1) is 11.3 Å². The van der Waals surface area contributed by atoms with Gasteiger partial charge in [0.2, 0.25) is 0 Å². The van der Waals surface area contributed by atoms with Crippen LogP contribution in [0.5, 0.6) is 5.75 Å². The average Bonchev–Trinajstić information content (AvgIpc) is 3.22. The van der Waals surface area contributed by atoms with Gasteiger partial charge in [-0.3, -0.25) is 4.79 Å². The standard InChI is InChI=1S/C35H52O6Si/c1-33(2,3)42(7,8)41-30-15-12-16-31(36)35(40-25-38-23-26-13-10-9-11-14-26)22-21-29(34(35,4)5)32(30)39-24-27-17-19-28(37-6)20-18-27/h9-11,13-14,17-20,29-30,32H,12,15-16,21-25H2,1-8H3/t29?,30-,32+,35?/m0/s1. The molecule has 2 fully saturated rings. The molecule has 0 spiro atoms. The predicted molar refractivity (Wildman–Crippen MR) is 169 cm³/mol. The smallest absolute Gasteiger partial charge is 0.192 e. The number of rotatable bonds is 11. The molecule has 0 aliphatic heterocycles. The first-order valence-corrected chi connectivity index (χ1v) is 18.4. The molecule has 7 heteroatoms. The topological polar surface area (TPSA) is 63.2 Å². The lowest BCUT2D eigenvalue weighted by Crippen LogP contribution is -2.55. The second kappa shape index (κ2) is 13.3. The van der Waals surface area contributed by atoms with Gasteiger partial charge in [0.15, 0.2) is 14.1 Å². The van der Waals surface area contributed by atoms with E-state index in [-0.39, 0.29) is 35.7 Å². The summed E-state index contributed by atoms with van der Waals surface area (Å²) >= 11 is 0. The zero-order valence-corrected chi connectivity index (χ0v) is 28.0. The van der Waals surface area contributed by atoms with Crippen molar-refractivity contribution in [1.82, 2.24) is 0 Å². The first-order chi connectivity index (χ1) is 19.8. The molecule has 0 radical (unpaired) electrons. The van der Waals surface area contributed by atoms with Crippen LogP contribution in [0.4, 0.5) is 0 Å². The number of fused-ring (bicyclic) bond motifs is 2. The van der Waals surface area contributed by atoms with Crippen molar-refractivity contribution in [2.75, 3.05) is 13.9 Å². The Labute approximate surface area is 254 Å². The zero-order chi connectivity index (χ0) is 30.6. The SMILES string of the molecule is COc1ccc(CO[C@@H]2C3CCC(OCOCc4ccccc4)(C(=O)CCC[C@@H]2O[Si](C)(C)C(C)(C)C)C3(C)C)cc1. The van der Waals surface area contributed by atoms with Crippen LogP contribution in [-0.4, -0.2) is 45.8 Å². The fourth-order valence-corrected chi connectivity index (χ4v) is 7.90. The van der Waals surface area contributed by atoms with Gasteiger partial charge in [0.25, 0.3) is 0 Å². The number of Topliss-reactive ketones (excluding diaryl/α,β-unsaturated/α-hetero) is 1. The van der Waals surface area contributed by atoms with Crippen LogP contribution in [0.3, 0.4) is 0 Å². The lowest BCUT2D eigenvalue weighted by Gasteiger charge is -2.47. The number of ether oxygens (including phenoxy) is 4. The Morgan fingerprint density at radius 2 is 1.60 bits per heavy atom. The summed E-state index contributed by atoms with van der Waals surface area (Å²) in [5, 5.41) is 0.0654. The minimum absolute atomic E-state index is 0.0654. The van der Waals surface area contributed by atoms with Crippen molar-refractivity contribution < 1.29 is 28.2 Å². The number of ketones is 1. The van der Waals surface area contributed by atoms with E-state index in [1.54, 1.807) is 7.11 Å². The second-order valence-electron chi connectivity index (χ2n) is 14.1. The van der Waals surface area contributed by atoms with Crippen LogP contribution >= 0.6 is 0 Å². The summed E-state index contributed by atoms with van der Waals surface area (Å²) < 4.78 is 31.9. The molecule has 0 amide bonds. The van der Waals surface area contributed by atoms with E-state index in [0.717, 1.165) is 36.1 Å². The molecular formula is C35H52O6Si. The first-order valence-electron chi connectivity index (χ1n) is 15.5. The summed E-state index contributed by atoms with van der Waals surface area (Å²) in [5.41, 5.74) is 0.789. The Kier molecular flexibility index (Phi) is 10.4. The molecule has 2 aliphatic rings. The van der Waals surface area contributed by atoms with Crippen LogP contribution < -0.4 is 4.74 Å². The van der Waals surface area contributed by atoms with Gasteiger partial charge >= 0.3 is 0 Å². The van der Waals surface area contributed by atoms with E-state index in [1.165, 1.54) is 0 Å². The van der Waals surface area contributed by atoms with Gasteiger partial charge < -0.3 is 23.4 Å². The van der Waals surface area contributed by atoms with Crippen LogP contribution in [0.25, 0.3) is 0 Å². The number of benzene rings is 2. The van der Waals surface area contributed by atoms with Crippen molar-refractivity contribution in [3.05, 3.63) is 65.7 Å². The fraction of sp³-hybridized carbons (Fsp3) is 0.629. The molecule has 4 atom stereocenters. The zero-order valence-electron chi connectivity index (χ0n) is 27.0. The van der Waals surface area contributed by atoms with Gasteiger partial charge in [-0.25, -0.2) is 0 Å². The molecule has 0 heterocycles. The third-order valence-electron chi connectivity index (χ3n) is 10.2. The van der Waals surface area contributed by atoms with Crippen molar-refractivity contribution in [3.63, 3.8) is 0 Å². The summed E-state index contributed by atoms with van der Waals surface area (Å²) in [6, 6.07) is 18.1. The lowest BCUT2D eigenvalue weighted by molar-refractivity contribution is -0.199. The van der Waals surface area contributed by atoms with Crippen molar-refractivity contribution in [3.8, 4) is 5.75 Å². The van der Waals surface area contributed by atoms with Gasteiger partial charge in [0.1, 0.15) is 18.1 Å². The monoisotopic (exact) mass is 596 g/mol. The van der Waals surface area contributed by atoms with Crippen LogP contribution in [-0.2, 0) is 36.6 Å². The van der Waals surface area contributed by atoms with Gasteiger partial charge in [-0.2, -0.15) is 0 Å². The third kappa shape index (κ3) is 7.02. The highest BCUT2D eigenvalue weighted by molar-refractivity contribution is 6.74. The van der Waals surface area contributed by atoms with Crippen molar-refractivity contribution >= 4 is 14.1 Å². The van der Waals surface area contributed by atoms with Crippen LogP contribution in [0.15, 0.2) is 54.6 Å². The minimum atomic E-state index is -2.11. The molecule has 232 valence electrons. The van der Waals surface area contributed by atoms with Crippen LogP contribution in [0.1, 0.15) is 77.8 Å². The molecule has 2 aliphatic carbocycles. The molecular weight excluding hydrogens is 544 g/mol. The van der Waals surface area contributed by atoms with E-state index in [9.17, 15) is 4.79 Å². The predicted octanol–water partition coefficient (Wildman–Crippen LogP) is 8.09. The van der Waals surface area contributed by atoms with E-state index in [4.69, 9.17) is 23.4 Å². The quantitative estimate of drug-likeness (QED) is 0.148. The number of carbonyl (C=O) groups excluding carboxylic acids is 1. The van der Waals surface area contributed by atoms with Crippen molar-refractivity contribution in [1.29, 1.82) is 0 Å². The lowest BCUT2D eigenvalue weighted by atomic mass is 9.68. The maximum atomic E-state index is 14.0. The van der Waals surface area contributed by atoms with E-state index in [0.29, 0.717) is 26.1 Å². The van der Waals surface area contributed by atoms with Crippen molar-refractivity contribution in [2.24, 2.45) is 11.3 Å². The number of methoxy groups -OCH3 is 1. The number of carbonyl (C=O) groups is 1. The highest BCUT2D eigenvalue weighted by Crippen LogP contribution is 2.57. The van der Waals surface area contributed by atoms with Gasteiger partial charge in [-0.15, -0.1) is 0 Å². The maximum Gasteiger partial charge on any atom is 0.192 e. The maximum absolute atomic E-state index is 14.0. The van der Waals surface area contributed by atoms with Gasteiger partial charge in [-0.05, 0) is 73.0 Å². The fourth-order valence-electron chi connectivity index (χ4n) is 6.54. The molecule has 0 saturated heterocycles. The number of hydrogen-bond acceptors (Lipinski definition) is 6. The normalized spacial score (nSPS) is 26.4. The summed E-state index contributed by atoms with van der Waals surface area (Å²) in [5.74, 6) is 1.09. The Morgan fingerprint density at radius 3 is 2.24 bits per heavy atom. The van der Waals surface area contributed by atoms with Crippen LogP contribution in [0.2, 0.25) is 18.1 Å². The Hall–Kier alpha value is -2.03. The van der Waals surface area contributed by atoms with Crippen molar-refractivity contribution in [2.45, 2.75) is 116 Å². The first kappa shape index (κ1) is 32.9. The van der Waals surface area contributed by atoms with Gasteiger partial charge in [0, 0.05) is 11.8 Å². The van der Waals surface area contributed by atoms with Gasteiger partial charge in [-0.1, -0.05) is 77.1 Å². The summed E-state index contributed by atoms with van der Waals surface area (Å²) in [7, 11) is -0.435. The van der Waals surface area contributed by atoms with Gasteiger partial charge in [0.05, 0.1) is 32.5 Å². The highest BCUT2D eigenvalue weighted by atomic mass is 28.4. The third-order valence-corrected chi connectivity index (χ3v) is 14.7. The number of hydrogen-bond donors (Lipinski definition) is 0. The molecule has 6 nitrogen and oxygen atoms in total. The average molecular weight is 597 g/mol. The molecule has 2 aromatic carbocycles. The van der Waals surface area contributed by atoms with E-state index < -0.39 is 19.3 Å². The Bertz CT molecular complexity index is 1160. The van der Waals surface area contributed by atoms with E-state index >= 15 is 0 Å². The molecule has 2 aromatic rings. The summed E-state index contributed by atoms with van der Waals surface area (Å²) in [6.45, 7) is 16.8. The summed E-state index contributed by atoms with van der Waals surface area (Å²) in [4.78, 5) is 14.0. The Balaban J connectivity index is 1.60. The van der Waals surface area contributed by atoms with E-state index in [2.05, 4.69) is 59.8 Å². The molecule has 42 heavy (non-hydrogen) atoms. The Morgan fingerprint density at radius 1 is 0.929 bits per heavy atom. The molecule has 0 aromatic heterocycles. The highest BCUT2D eigenvalue weighted by Gasteiger charge is 2.63. The largest absolute Gasteiger partial charge is 0.497 e. The minimum Gasteiger partial charge on any atom is -0.497 e. The second-order valence-corrected chi connectivity index (χ2v) is 18.9. The molecule has 2 bridgehead atoms. The molecule has 0 N–H and O–H groups in total. The summed E-state index contributed by atoms with van der Waals surface area (Å²) in [6.07, 6.45) is 3.24. The molecule has 2 saturated carbocycles.